The van der Waals surface area contributed by atoms with Crippen molar-refractivity contribution in [3.8, 4) is 5.75 Å². The first kappa shape index (κ1) is 17.9. The summed E-state index contributed by atoms with van der Waals surface area (Å²) in [5.41, 5.74) is 3.17. The van der Waals surface area contributed by atoms with E-state index in [1.54, 1.807) is 19.1 Å². The Labute approximate surface area is 153 Å². The highest BCUT2D eigenvalue weighted by Crippen LogP contribution is 2.21. The van der Waals surface area contributed by atoms with Crippen molar-refractivity contribution in [2.24, 2.45) is 10.2 Å². The Morgan fingerprint density at radius 3 is 2.56 bits per heavy atom. The number of carbonyl (C=O) groups excluding carboxylic acids is 2. The van der Waals surface area contributed by atoms with Crippen LogP contribution in [0.3, 0.4) is 0 Å². The average molecular weight is 368 g/mol. The van der Waals surface area contributed by atoms with Gasteiger partial charge in [0.2, 0.25) is 5.71 Å². The summed E-state index contributed by atoms with van der Waals surface area (Å²) >= 11 is 0. The van der Waals surface area contributed by atoms with E-state index in [9.17, 15) is 25.1 Å². The van der Waals surface area contributed by atoms with Crippen LogP contribution >= 0.6 is 0 Å². The number of amides is 2. The van der Waals surface area contributed by atoms with Crippen LogP contribution in [0, 0.1) is 10.4 Å². The van der Waals surface area contributed by atoms with E-state index in [0.717, 1.165) is 0 Å². The van der Waals surface area contributed by atoms with Gasteiger partial charge in [-0.25, -0.2) is 0 Å². The zero-order valence-corrected chi connectivity index (χ0v) is 14.1. The van der Waals surface area contributed by atoms with E-state index in [1.807, 2.05) is 0 Å². The summed E-state index contributed by atoms with van der Waals surface area (Å²) in [6.45, 7) is 1.55. The number of benzene rings is 1. The SMILES string of the molecule is CC1=NN(C(=O)c2ccccc2O)C(=O)C1NN=C1C=CC(=[N+]([O-])[O-])C=C1. The minimum Gasteiger partial charge on any atom is -0.612 e. The lowest BCUT2D eigenvalue weighted by molar-refractivity contribution is -0.377. The molecule has 0 radical (unpaired) electrons. The molecule has 0 aromatic heterocycles. The number of aromatic hydroxyl groups is 1. The third kappa shape index (κ3) is 3.54. The van der Waals surface area contributed by atoms with Crippen molar-refractivity contribution in [3.63, 3.8) is 0 Å². The smallest absolute Gasteiger partial charge is 0.285 e. The van der Waals surface area contributed by atoms with Crippen molar-refractivity contribution < 1.29 is 19.6 Å². The fourth-order valence-electron chi connectivity index (χ4n) is 2.42. The van der Waals surface area contributed by atoms with Crippen LogP contribution < -0.4 is 5.43 Å². The highest BCUT2D eigenvalue weighted by Gasteiger charge is 2.38. The van der Waals surface area contributed by atoms with Gasteiger partial charge < -0.3 is 15.5 Å². The van der Waals surface area contributed by atoms with Crippen LogP contribution in [0.25, 0.3) is 0 Å². The van der Waals surface area contributed by atoms with E-state index in [2.05, 4.69) is 15.6 Å². The maximum absolute atomic E-state index is 12.5. The number of rotatable bonds is 3. The predicted octanol–water partition coefficient (Wildman–Crippen LogP) is 0.640. The molecular formula is C17H14N5O5-. The largest absolute Gasteiger partial charge is 0.612 e. The van der Waals surface area contributed by atoms with Gasteiger partial charge in [-0.1, -0.05) is 12.1 Å². The zero-order chi connectivity index (χ0) is 19.6. The number of hydrogen-bond acceptors (Lipinski definition) is 8. The fourth-order valence-corrected chi connectivity index (χ4v) is 2.42. The first-order valence-corrected chi connectivity index (χ1v) is 7.80. The molecule has 0 saturated carbocycles. The molecule has 1 unspecified atom stereocenters. The number of carbonyl (C=O) groups is 2. The Morgan fingerprint density at radius 1 is 1.26 bits per heavy atom. The van der Waals surface area contributed by atoms with Crippen molar-refractivity contribution in [2.75, 3.05) is 0 Å². The van der Waals surface area contributed by atoms with Crippen LogP contribution in [0.1, 0.15) is 17.3 Å². The molecule has 1 heterocycles. The number of nitrogens with one attached hydrogen (secondary N) is 1. The lowest BCUT2D eigenvalue weighted by atomic mass is 10.1. The minimum atomic E-state index is -0.963. The normalized spacial score (nSPS) is 18.6. The van der Waals surface area contributed by atoms with Gasteiger partial charge in [0.15, 0.2) is 6.04 Å². The van der Waals surface area contributed by atoms with E-state index in [1.165, 1.54) is 36.4 Å². The molecule has 10 nitrogen and oxygen atoms in total. The van der Waals surface area contributed by atoms with Gasteiger partial charge in [-0.05, 0) is 31.2 Å². The highest BCUT2D eigenvalue weighted by atomic mass is 16.8. The van der Waals surface area contributed by atoms with Crippen molar-refractivity contribution in [1.29, 1.82) is 0 Å². The van der Waals surface area contributed by atoms with E-state index in [4.69, 9.17) is 0 Å². The second-order valence-electron chi connectivity index (χ2n) is 5.66. The topological polar surface area (TPSA) is 143 Å². The molecule has 1 aromatic carbocycles. The molecule has 1 aliphatic heterocycles. The summed E-state index contributed by atoms with van der Waals surface area (Å²) in [5.74, 6) is -1.65. The number of phenols is 1. The Kier molecular flexibility index (Phi) is 4.71. The molecule has 1 aromatic rings. The molecule has 0 bridgehead atoms. The minimum absolute atomic E-state index is 0.0460. The summed E-state index contributed by atoms with van der Waals surface area (Å²) in [4.78, 5) is 24.4. The second-order valence-corrected chi connectivity index (χ2v) is 5.66. The second kappa shape index (κ2) is 7.12. The number of phenolic OH excluding ortho intramolecular Hbond substituents is 1. The zero-order valence-electron chi connectivity index (χ0n) is 14.1. The fraction of sp³-hybridized carbons (Fsp3) is 0.118. The van der Waals surface area contributed by atoms with E-state index in [-0.39, 0.29) is 17.0 Å². The Hall–Kier alpha value is -3.95. The van der Waals surface area contributed by atoms with Gasteiger partial charge in [0.25, 0.3) is 11.8 Å². The number of hydrogen-bond donors (Lipinski definition) is 2. The molecule has 1 aliphatic carbocycles. The summed E-state index contributed by atoms with van der Waals surface area (Å²) in [5, 5.41) is 39.7. The van der Waals surface area contributed by atoms with Crippen molar-refractivity contribution in [2.45, 2.75) is 13.0 Å². The lowest BCUT2D eigenvalue weighted by Crippen LogP contribution is -2.42. The summed E-state index contributed by atoms with van der Waals surface area (Å²) in [7, 11) is 0. The van der Waals surface area contributed by atoms with Crippen LogP contribution in [0.2, 0.25) is 0 Å². The molecule has 1 atom stereocenters. The van der Waals surface area contributed by atoms with Gasteiger partial charge in [0, 0.05) is 12.2 Å². The molecule has 27 heavy (non-hydrogen) atoms. The first-order chi connectivity index (χ1) is 12.9. The number of para-hydroxylation sites is 1. The van der Waals surface area contributed by atoms with Gasteiger partial charge in [-0.2, -0.15) is 20.1 Å². The van der Waals surface area contributed by atoms with Gasteiger partial charge in [0.1, 0.15) is 5.75 Å². The Bertz CT molecular complexity index is 938. The standard InChI is InChI=1S/C17H14N5O5/c1-10-15(19-18-11-6-8-12(9-7-11)22(26)27)17(25)21(20-10)16(24)13-4-2-3-5-14(13)23/h2-9,15,19H,1H3,(H-,18,23,24,26,27)/q-1. The van der Waals surface area contributed by atoms with Crippen molar-refractivity contribution in [1.82, 2.24) is 10.4 Å². The summed E-state index contributed by atoms with van der Waals surface area (Å²) < 4.78 is 0. The Balaban J connectivity index is 1.73. The van der Waals surface area contributed by atoms with Crippen molar-refractivity contribution in [3.05, 3.63) is 64.5 Å². The van der Waals surface area contributed by atoms with Gasteiger partial charge >= 0.3 is 0 Å². The third-order valence-electron chi connectivity index (χ3n) is 3.84. The molecule has 0 saturated heterocycles. The van der Waals surface area contributed by atoms with E-state index in [0.29, 0.717) is 16.4 Å². The third-order valence-corrected chi connectivity index (χ3v) is 3.84. The van der Waals surface area contributed by atoms with Crippen LogP contribution in [0.5, 0.6) is 5.75 Å². The summed E-state index contributed by atoms with van der Waals surface area (Å²) in [6.07, 6.45) is 5.40. The molecule has 0 fully saturated rings. The quantitative estimate of drug-likeness (QED) is 0.347. The molecule has 10 heteroatoms. The average Bonchev–Trinajstić information content (AvgIpc) is 2.94. The maximum atomic E-state index is 12.5. The number of nitrogens with zero attached hydrogens (tertiary/aromatic N) is 4. The number of imide groups is 1. The number of hydrazone groups is 2. The molecule has 2 N–H and O–H groups in total. The van der Waals surface area contributed by atoms with Crippen LogP contribution in [0.4, 0.5) is 0 Å². The molecule has 0 spiro atoms. The van der Waals surface area contributed by atoms with Gasteiger partial charge in [-0.3, -0.25) is 15.0 Å². The molecule has 3 rings (SSSR count). The lowest BCUT2D eigenvalue weighted by Gasteiger charge is -2.13. The molecule has 2 aliphatic rings. The molecule has 138 valence electrons. The van der Waals surface area contributed by atoms with Crippen molar-refractivity contribution >= 4 is 28.9 Å². The van der Waals surface area contributed by atoms with Gasteiger partial charge in [-0.15, -0.1) is 0 Å². The first-order valence-electron chi connectivity index (χ1n) is 7.80. The Morgan fingerprint density at radius 2 is 1.93 bits per heavy atom. The highest BCUT2D eigenvalue weighted by molar-refractivity contribution is 6.19. The van der Waals surface area contributed by atoms with Crippen LogP contribution in [-0.4, -0.2) is 50.0 Å². The summed E-state index contributed by atoms with van der Waals surface area (Å²) in [6, 6.07) is 4.88. The molecule has 2 amide bonds. The van der Waals surface area contributed by atoms with E-state index < -0.39 is 22.8 Å². The van der Waals surface area contributed by atoms with Crippen LogP contribution in [0.15, 0.2) is 58.8 Å². The monoisotopic (exact) mass is 368 g/mol. The molecular weight excluding hydrogens is 354 g/mol. The van der Waals surface area contributed by atoms with Gasteiger partial charge in [0.05, 0.1) is 17.0 Å². The van der Waals surface area contributed by atoms with E-state index >= 15 is 0 Å². The maximum Gasteiger partial charge on any atom is 0.285 e. The number of allylic oxidation sites excluding steroid dienone is 4. The van der Waals surface area contributed by atoms with Crippen LogP contribution in [-0.2, 0) is 4.79 Å². The predicted molar refractivity (Wildman–Crippen MR) is 97.0 cm³/mol.